The predicted octanol–water partition coefficient (Wildman–Crippen LogP) is 2.23. The summed E-state index contributed by atoms with van der Waals surface area (Å²) in [4.78, 5) is 33.3. The Morgan fingerprint density at radius 3 is 2.55 bits per heavy atom. The minimum absolute atomic E-state index is 0.127. The van der Waals surface area contributed by atoms with E-state index >= 15 is 0 Å². The number of nitrogens with zero attached hydrogens (tertiary/aromatic N) is 1. The van der Waals surface area contributed by atoms with Crippen LogP contribution < -0.4 is 5.32 Å². The molecule has 7 nitrogen and oxygen atoms in total. The average Bonchev–Trinajstić information content (AvgIpc) is 2.37. The first-order chi connectivity index (χ1) is 9.21. The van der Waals surface area contributed by atoms with Gasteiger partial charge in [0.2, 0.25) is 0 Å². The number of carboxylic acid groups (broad SMARTS) is 1. The number of hydrogen-bond donors (Lipinski definition) is 2. The number of carbonyl (C=O) groups is 2. The van der Waals surface area contributed by atoms with Crippen LogP contribution in [0.15, 0.2) is 18.2 Å². The van der Waals surface area contributed by atoms with E-state index in [-0.39, 0.29) is 17.0 Å². The summed E-state index contributed by atoms with van der Waals surface area (Å²) < 4.78 is 0. The van der Waals surface area contributed by atoms with E-state index in [9.17, 15) is 19.7 Å². The van der Waals surface area contributed by atoms with E-state index in [1.807, 2.05) is 0 Å². The van der Waals surface area contributed by atoms with Crippen molar-refractivity contribution in [2.75, 3.05) is 0 Å². The van der Waals surface area contributed by atoms with E-state index in [0.717, 1.165) is 12.1 Å². The van der Waals surface area contributed by atoms with Gasteiger partial charge in [0, 0.05) is 11.1 Å². The molecule has 1 rings (SSSR count). The topological polar surface area (TPSA) is 110 Å². The van der Waals surface area contributed by atoms with Gasteiger partial charge in [0.05, 0.1) is 4.92 Å². The zero-order valence-electron chi connectivity index (χ0n) is 10.8. The maximum Gasteiger partial charge on any atom is 0.329 e. The molecular weight excluding hydrogens is 288 g/mol. The molecule has 1 aromatic carbocycles. The summed E-state index contributed by atoms with van der Waals surface area (Å²) in [5.74, 6) is -2.08. The van der Waals surface area contributed by atoms with E-state index in [1.54, 1.807) is 6.92 Å². The summed E-state index contributed by atoms with van der Waals surface area (Å²) in [5.41, 5.74) is -2.22. The summed E-state index contributed by atoms with van der Waals surface area (Å²) in [6, 6.07) is 3.51. The zero-order valence-corrected chi connectivity index (χ0v) is 11.6. The summed E-state index contributed by atoms with van der Waals surface area (Å²) in [6.07, 6.45) is 0.127. The Morgan fingerprint density at radius 2 is 2.10 bits per heavy atom. The van der Waals surface area contributed by atoms with Crippen LogP contribution in [0.5, 0.6) is 0 Å². The van der Waals surface area contributed by atoms with E-state index < -0.39 is 28.0 Å². The second-order valence-corrected chi connectivity index (χ2v) is 4.80. The van der Waals surface area contributed by atoms with Crippen molar-refractivity contribution in [3.63, 3.8) is 0 Å². The first-order valence-corrected chi connectivity index (χ1v) is 6.09. The van der Waals surface area contributed by atoms with Crippen LogP contribution in [0.1, 0.15) is 30.6 Å². The highest BCUT2D eigenvalue weighted by atomic mass is 35.5. The van der Waals surface area contributed by atoms with Gasteiger partial charge in [-0.3, -0.25) is 14.9 Å². The predicted molar refractivity (Wildman–Crippen MR) is 71.9 cm³/mol. The van der Waals surface area contributed by atoms with E-state index in [0.29, 0.717) is 0 Å². The van der Waals surface area contributed by atoms with Crippen molar-refractivity contribution in [3.8, 4) is 0 Å². The van der Waals surface area contributed by atoms with Crippen molar-refractivity contribution in [1.82, 2.24) is 5.32 Å². The van der Waals surface area contributed by atoms with Crippen LogP contribution in [0.4, 0.5) is 5.69 Å². The monoisotopic (exact) mass is 300 g/mol. The molecule has 0 saturated carbocycles. The summed E-state index contributed by atoms with van der Waals surface area (Å²) in [6.45, 7) is 2.91. The highest BCUT2D eigenvalue weighted by Gasteiger charge is 2.34. The molecule has 2 N–H and O–H groups in total. The third-order valence-electron chi connectivity index (χ3n) is 2.97. The fraction of sp³-hybridized carbons (Fsp3) is 0.333. The molecule has 0 fully saturated rings. The molecule has 0 saturated heterocycles. The van der Waals surface area contributed by atoms with Crippen LogP contribution >= 0.6 is 11.6 Å². The van der Waals surface area contributed by atoms with Crippen molar-refractivity contribution < 1.29 is 19.6 Å². The Balaban J connectivity index is 3.18. The van der Waals surface area contributed by atoms with E-state index in [1.165, 1.54) is 13.0 Å². The lowest BCUT2D eigenvalue weighted by Gasteiger charge is -2.24. The lowest BCUT2D eigenvalue weighted by Crippen LogP contribution is -2.51. The molecule has 0 heterocycles. The molecule has 0 spiro atoms. The van der Waals surface area contributed by atoms with Crippen molar-refractivity contribution in [2.45, 2.75) is 25.8 Å². The van der Waals surface area contributed by atoms with Gasteiger partial charge >= 0.3 is 5.97 Å². The molecule has 0 radical (unpaired) electrons. The number of nitro benzene ring substituents is 1. The van der Waals surface area contributed by atoms with Crippen molar-refractivity contribution in [3.05, 3.63) is 38.9 Å². The summed E-state index contributed by atoms with van der Waals surface area (Å²) in [7, 11) is 0. The number of aliphatic carboxylic acids is 1. The normalized spacial score (nSPS) is 13.3. The molecule has 0 aromatic heterocycles. The van der Waals surface area contributed by atoms with Gasteiger partial charge in [-0.05, 0) is 25.5 Å². The number of carboxylic acids is 1. The Labute approximate surface area is 119 Å². The molecule has 108 valence electrons. The first kappa shape index (κ1) is 15.9. The van der Waals surface area contributed by atoms with Gasteiger partial charge < -0.3 is 10.4 Å². The van der Waals surface area contributed by atoms with Crippen LogP contribution in [0.25, 0.3) is 0 Å². The maximum absolute atomic E-state index is 12.1. The fourth-order valence-electron chi connectivity index (χ4n) is 1.46. The maximum atomic E-state index is 12.1. The van der Waals surface area contributed by atoms with Gasteiger partial charge in [0.15, 0.2) is 0 Å². The van der Waals surface area contributed by atoms with Crippen LogP contribution in [0.2, 0.25) is 5.02 Å². The summed E-state index contributed by atoms with van der Waals surface area (Å²) in [5, 5.41) is 22.4. The molecule has 1 atom stereocenters. The number of nitro groups is 1. The molecule has 1 amide bonds. The van der Waals surface area contributed by atoms with Gasteiger partial charge in [0.25, 0.3) is 11.6 Å². The molecule has 1 unspecified atom stereocenters. The SMILES string of the molecule is CCC(C)(NC(=O)c1cc(Cl)ccc1[N+](=O)[O-])C(=O)O. The molecule has 0 aliphatic heterocycles. The van der Waals surface area contributed by atoms with Gasteiger partial charge in [0.1, 0.15) is 11.1 Å². The van der Waals surface area contributed by atoms with Gasteiger partial charge in [-0.25, -0.2) is 4.79 Å². The number of hydrogen-bond acceptors (Lipinski definition) is 4. The standard InChI is InChI=1S/C12H13ClN2O5/c1-3-12(2,11(17)18)14-10(16)8-6-7(13)4-5-9(8)15(19)20/h4-6H,3H2,1-2H3,(H,14,16)(H,17,18). The largest absolute Gasteiger partial charge is 0.480 e. The first-order valence-electron chi connectivity index (χ1n) is 5.71. The van der Waals surface area contributed by atoms with Crippen LogP contribution in [0, 0.1) is 10.1 Å². The third kappa shape index (κ3) is 3.24. The molecule has 0 bridgehead atoms. The number of benzene rings is 1. The van der Waals surface area contributed by atoms with Crippen LogP contribution in [-0.2, 0) is 4.79 Å². The van der Waals surface area contributed by atoms with Gasteiger partial charge in [-0.1, -0.05) is 18.5 Å². The number of nitrogens with one attached hydrogen (secondary N) is 1. The Kier molecular flexibility index (Phi) is 4.67. The molecule has 0 aliphatic carbocycles. The minimum atomic E-state index is -1.51. The molecule has 20 heavy (non-hydrogen) atoms. The van der Waals surface area contributed by atoms with Crippen molar-refractivity contribution >= 4 is 29.2 Å². The Morgan fingerprint density at radius 1 is 1.50 bits per heavy atom. The quantitative estimate of drug-likeness (QED) is 0.640. The molecule has 0 aliphatic rings. The minimum Gasteiger partial charge on any atom is -0.480 e. The van der Waals surface area contributed by atoms with Crippen molar-refractivity contribution in [2.24, 2.45) is 0 Å². The summed E-state index contributed by atoms with van der Waals surface area (Å²) >= 11 is 5.71. The molecule has 1 aromatic rings. The van der Waals surface area contributed by atoms with E-state index in [4.69, 9.17) is 16.7 Å². The van der Waals surface area contributed by atoms with Crippen LogP contribution in [-0.4, -0.2) is 27.4 Å². The zero-order chi connectivity index (χ0) is 15.5. The van der Waals surface area contributed by atoms with Crippen LogP contribution in [0.3, 0.4) is 0 Å². The number of amides is 1. The Bertz CT molecular complexity index is 575. The lowest BCUT2D eigenvalue weighted by molar-refractivity contribution is -0.385. The second kappa shape index (κ2) is 5.87. The second-order valence-electron chi connectivity index (χ2n) is 4.36. The van der Waals surface area contributed by atoms with E-state index in [2.05, 4.69) is 5.32 Å². The Hall–Kier alpha value is -2.15. The number of carbonyl (C=O) groups excluding carboxylic acids is 1. The van der Waals surface area contributed by atoms with Crippen molar-refractivity contribution in [1.29, 1.82) is 0 Å². The smallest absolute Gasteiger partial charge is 0.329 e. The van der Waals surface area contributed by atoms with Gasteiger partial charge in [-0.15, -0.1) is 0 Å². The highest BCUT2D eigenvalue weighted by molar-refractivity contribution is 6.31. The number of halogens is 1. The molecular formula is C12H13ClN2O5. The van der Waals surface area contributed by atoms with Gasteiger partial charge in [-0.2, -0.15) is 0 Å². The highest BCUT2D eigenvalue weighted by Crippen LogP contribution is 2.23. The molecule has 8 heteroatoms. The third-order valence-corrected chi connectivity index (χ3v) is 3.20. The fourth-order valence-corrected chi connectivity index (χ4v) is 1.63. The number of rotatable bonds is 5. The average molecular weight is 301 g/mol. The lowest BCUT2D eigenvalue weighted by atomic mass is 9.98.